The fourth-order valence-corrected chi connectivity index (χ4v) is 1.72. The normalized spacial score (nSPS) is 12.5. The standard InChI is InChI=1S/C13H20ClNO2/c1-4-15-7-11(16)8-17-12-5-9(2)13(14)10(3)6-12/h5-6,11,15-16H,4,7-8H2,1-3H3/p+1/t11-/m1/s1. The number of aliphatic hydroxyl groups is 1. The summed E-state index contributed by atoms with van der Waals surface area (Å²) < 4.78 is 5.55. The molecule has 96 valence electrons. The zero-order valence-corrected chi connectivity index (χ0v) is 11.4. The summed E-state index contributed by atoms with van der Waals surface area (Å²) in [5.41, 5.74) is 1.99. The molecule has 1 atom stereocenters. The van der Waals surface area contributed by atoms with Gasteiger partial charge in [0.1, 0.15) is 25.0 Å². The minimum absolute atomic E-state index is 0.316. The van der Waals surface area contributed by atoms with Crippen molar-refractivity contribution in [2.24, 2.45) is 0 Å². The van der Waals surface area contributed by atoms with Gasteiger partial charge >= 0.3 is 0 Å². The first-order valence-corrected chi connectivity index (χ1v) is 6.31. The molecule has 4 heteroatoms. The molecule has 0 fully saturated rings. The molecule has 0 aromatic heterocycles. The van der Waals surface area contributed by atoms with Gasteiger partial charge in [0.25, 0.3) is 0 Å². The highest BCUT2D eigenvalue weighted by molar-refractivity contribution is 6.32. The van der Waals surface area contributed by atoms with Gasteiger partial charge in [-0.1, -0.05) is 11.6 Å². The van der Waals surface area contributed by atoms with Crippen molar-refractivity contribution in [3.8, 4) is 5.75 Å². The molecule has 3 nitrogen and oxygen atoms in total. The Morgan fingerprint density at radius 1 is 1.35 bits per heavy atom. The van der Waals surface area contributed by atoms with Crippen LogP contribution in [0.2, 0.25) is 5.02 Å². The first-order valence-electron chi connectivity index (χ1n) is 5.93. The first kappa shape index (κ1) is 14.3. The fourth-order valence-electron chi connectivity index (χ4n) is 1.61. The number of rotatable bonds is 6. The van der Waals surface area contributed by atoms with E-state index in [1.807, 2.05) is 31.3 Å². The van der Waals surface area contributed by atoms with Crippen LogP contribution in [0.25, 0.3) is 0 Å². The molecule has 0 heterocycles. The zero-order valence-electron chi connectivity index (χ0n) is 10.7. The number of hydrogen-bond donors (Lipinski definition) is 2. The van der Waals surface area contributed by atoms with Gasteiger partial charge in [-0.25, -0.2) is 0 Å². The molecule has 0 unspecified atom stereocenters. The number of hydrogen-bond acceptors (Lipinski definition) is 2. The van der Waals surface area contributed by atoms with Crippen molar-refractivity contribution in [3.63, 3.8) is 0 Å². The van der Waals surface area contributed by atoms with Gasteiger partial charge in [0.15, 0.2) is 0 Å². The second-order valence-electron chi connectivity index (χ2n) is 4.27. The number of aliphatic hydroxyl groups excluding tert-OH is 1. The summed E-state index contributed by atoms with van der Waals surface area (Å²) in [6.45, 7) is 7.90. The van der Waals surface area contributed by atoms with E-state index in [4.69, 9.17) is 16.3 Å². The third-order valence-corrected chi connectivity index (χ3v) is 3.18. The monoisotopic (exact) mass is 258 g/mol. The van der Waals surface area contributed by atoms with Crippen LogP contribution in [0.4, 0.5) is 0 Å². The van der Waals surface area contributed by atoms with Gasteiger partial charge in [-0.3, -0.25) is 0 Å². The quantitative estimate of drug-likeness (QED) is 0.808. The highest BCUT2D eigenvalue weighted by atomic mass is 35.5. The van der Waals surface area contributed by atoms with Crippen LogP contribution < -0.4 is 10.1 Å². The summed E-state index contributed by atoms with van der Waals surface area (Å²) in [6.07, 6.45) is -0.439. The number of ether oxygens (including phenoxy) is 1. The first-order chi connectivity index (χ1) is 8.04. The summed E-state index contributed by atoms with van der Waals surface area (Å²) in [7, 11) is 0. The predicted octanol–water partition coefficient (Wildman–Crippen LogP) is 1.28. The van der Waals surface area contributed by atoms with Crippen molar-refractivity contribution in [1.82, 2.24) is 0 Å². The van der Waals surface area contributed by atoms with E-state index in [1.165, 1.54) is 0 Å². The van der Waals surface area contributed by atoms with Crippen molar-refractivity contribution in [2.75, 3.05) is 19.7 Å². The van der Waals surface area contributed by atoms with Gasteiger partial charge in [-0.15, -0.1) is 0 Å². The third kappa shape index (κ3) is 4.54. The summed E-state index contributed by atoms with van der Waals surface area (Å²) in [5, 5.41) is 12.5. The van der Waals surface area contributed by atoms with Crippen LogP contribution in [0, 0.1) is 13.8 Å². The number of benzene rings is 1. The molecule has 3 N–H and O–H groups in total. The summed E-state index contributed by atoms with van der Waals surface area (Å²) in [4.78, 5) is 0. The van der Waals surface area contributed by atoms with Gasteiger partial charge in [0, 0.05) is 5.02 Å². The molecule has 0 spiro atoms. The lowest BCUT2D eigenvalue weighted by atomic mass is 10.1. The number of likely N-dealkylation sites (N-methyl/N-ethyl adjacent to an activating group) is 1. The molecule has 0 aliphatic rings. The van der Waals surface area contributed by atoms with Crippen molar-refractivity contribution in [3.05, 3.63) is 28.3 Å². The van der Waals surface area contributed by atoms with E-state index in [0.717, 1.165) is 28.4 Å². The smallest absolute Gasteiger partial charge is 0.137 e. The molecule has 0 aliphatic carbocycles. The van der Waals surface area contributed by atoms with Crippen LogP contribution in [0.15, 0.2) is 12.1 Å². The Bertz CT molecular complexity index is 345. The summed E-state index contributed by atoms with van der Waals surface area (Å²) >= 11 is 6.07. The zero-order chi connectivity index (χ0) is 12.8. The van der Waals surface area contributed by atoms with Crippen LogP contribution in [0.1, 0.15) is 18.1 Å². The number of quaternary nitrogens is 1. The van der Waals surface area contributed by atoms with Crippen molar-refractivity contribution in [2.45, 2.75) is 26.9 Å². The maximum Gasteiger partial charge on any atom is 0.137 e. The number of nitrogens with two attached hydrogens (primary N) is 1. The van der Waals surface area contributed by atoms with Crippen LogP contribution in [0.3, 0.4) is 0 Å². The van der Waals surface area contributed by atoms with Gasteiger partial charge in [0.2, 0.25) is 0 Å². The van der Waals surface area contributed by atoms with E-state index in [1.54, 1.807) is 0 Å². The largest absolute Gasteiger partial charge is 0.491 e. The Morgan fingerprint density at radius 2 is 1.94 bits per heavy atom. The second kappa shape index (κ2) is 6.84. The molecule has 0 amide bonds. The predicted molar refractivity (Wildman–Crippen MR) is 69.8 cm³/mol. The summed E-state index contributed by atoms with van der Waals surface area (Å²) in [5.74, 6) is 0.764. The Labute approximate surface area is 108 Å². The third-order valence-electron chi connectivity index (χ3n) is 2.58. The van der Waals surface area contributed by atoms with E-state index in [2.05, 4.69) is 6.92 Å². The van der Waals surface area contributed by atoms with Crippen LogP contribution in [-0.4, -0.2) is 30.9 Å². The van der Waals surface area contributed by atoms with Crippen molar-refractivity contribution in [1.29, 1.82) is 0 Å². The fraction of sp³-hybridized carbons (Fsp3) is 0.538. The Balaban J connectivity index is 2.52. The Hall–Kier alpha value is -0.770. The molecule has 0 aliphatic heterocycles. The number of aryl methyl sites for hydroxylation is 2. The van der Waals surface area contributed by atoms with Gasteiger partial charge in [-0.05, 0) is 44.0 Å². The van der Waals surface area contributed by atoms with Crippen LogP contribution in [0.5, 0.6) is 5.75 Å². The molecule has 17 heavy (non-hydrogen) atoms. The van der Waals surface area contributed by atoms with E-state index in [0.29, 0.717) is 13.2 Å². The molecule has 0 bridgehead atoms. The lowest BCUT2D eigenvalue weighted by Gasteiger charge is -2.13. The molecule has 0 radical (unpaired) electrons. The van der Waals surface area contributed by atoms with Crippen LogP contribution >= 0.6 is 11.6 Å². The van der Waals surface area contributed by atoms with Crippen molar-refractivity contribution < 1.29 is 15.2 Å². The maximum absolute atomic E-state index is 9.65. The maximum atomic E-state index is 9.65. The van der Waals surface area contributed by atoms with Gasteiger partial charge < -0.3 is 15.2 Å². The topological polar surface area (TPSA) is 46.1 Å². The molecule has 1 aromatic rings. The average Bonchev–Trinajstić information content (AvgIpc) is 2.30. The minimum atomic E-state index is -0.439. The Kier molecular flexibility index (Phi) is 5.75. The average molecular weight is 259 g/mol. The molecule has 0 saturated carbocycles. The van der Waals surface area contributed by atoms with Gasteiger partial charge in [0.05, 0.1) is 6.54 Å². The molecule has 1 aromatic carbocycles. The molecule has 0 saturated heterocycles. The summed E-state index contributed by atoms with van der Waals surface area (Å²) in [6, 6.07) is 3.79. The highest BCUT2D eigenvalue weighted by Crippen LogP contribution is 2.25. The van der Waals surface area contributed by atoms with Gasteiger partial charge in [-0.2, -0.15) is 0 Å². The molecular weight excluding hydrogens is 238 g/mol. The van der Waals surface area contributed by atoms with E-state index < -0.39 is 6.10 Å². The van der Waals surface area contributed by atoms with E-state index in [-0.39, 0.29) is 0 Å². The minimum Gasteiger partial charge on any atom is -0.491 e. The molecule has 1 rings (SSSR count). The van der Waals surface area contributed by atoms with Crippen molar-refractivity contribution >= 4 is 11.6 Å². The van der Waals surface area contributed by atoms with E-state index >= 15 is 0 Å². The lowest BCUT2D eigenvalue weighted by molar-refractivity contribution is -0.658. The Morgan fingerprint density at radius 3 is 2.47 bits per heavy atom. The number of halogens is 1. The van der Waals surface area contributed by atoms with E-state index in [9.17, 15) is 5.11 Å². The second-order valence-corrected chi connectivity index (χ2v) is 4.65. The van der Waals surface area contributed by atoms with Crippen LogP contribution in [-0.2, 0) is 0 Å². The SMILES string of the molecule is CC[NH2+]C[C@@H](O)COc1cc(C)c(Cl)c(C)c1. The molecular formula is C13H21ClNO2+. The lowest BCUT2D eigenvalue weighted by Crippen LogP contribution is -2.86. The highest BCUT2D eigenvalue weighted by Gasteiger charge is 2.08.